The second kappa shape index (κ2) is 6.82. The maximum Gasteiger partial charge on any atom is 0.156 e. The van der Waals surface area contributed by atoms with Crippen molar-refractivity contribution >= 4 is 5.82 Å². The lowest BCUT2D eigenvalue weighted by atomic mass is 9.85. The van der Waals surface area contributed by atoms with Crippen LogP contribution in [0.15, 0.2) is 6.07 Å². The molecule has 5 heteroatoms. The van der Waals surface area contributed by atoms with Gasteiger partial charge in [-0.2, -0.15) is 0 Å². The second-order valence-corrected chi connectivity index (χ2v) is 5.26. The molecule has 1 aromatic heterocycles. The van der Waals surface area contributed by atoms with E-state index >= 15 is 0 Å². The van der Waals surface area contributed by atoms with Gasteiger partial charge in [-0.1, -0.05) is 26.2 Å². The van der Waals surface area contributed by atoms with Crippen LogP contribution in [-0.2, 0) is 11.3 Å². The van der Waals surface area contributed by atoms with Gasteiger partial charge in [0.25, 0.3) is 0 Å². The van der Waals surface area contributed by atoms with Gasteiger partial charge in [-0.15, -0.1) is 0 Å². The summed E-state index contributed by atoms with van der Waals surface area (Å²) in [5.41, 5.74) is 3.46. The van der Waals surface area contributed by atoms with Gasteiger partial charge in [-0.25, -0.2) is 15.8 Å². The highest BCUT2D eigenvalue weighted by molar-refractivity contribution is 5.33. The lowest BCUT2D eigenvalue weighted by Crippen LogP contribution is -2.27. The van der Waals surface area contributed by atoms with E-state index in [0.717, 1.165) is 12.1 Å². The summed E-state index contributed by atoms with van der Waals surface area (Å²) in [5.74, 6) is 7.42. The maximum absolute atomic E-state index is 6.03. The lowest BCUT2D eigenvalue weighted by Gasteiger charge is -2.30. The first-order valence-corrected chi connectivity index (χ1v) is 7.15. The standard InChI is InChI=1S/C14H24N4O/c1-3-11-6-4-5-7-12(11)19-9-14-16-10(2)8-13(17-14)18-15/h8,11-12H,3-7,9,15H2,1-2H3,(H,16,17,18). The summed E-state index contributed by atoms with van der Waals surface area (Å²) in [6.45, 7) is 4.64. The summed E-state index contributed by atoms with van der Waals surface area (Å²) in [7, 11) is 0. The number of hydrogen-bond acceptors (Lipinski definition) is 5. The molecule has 2 rings (SSSR count). The summed E-state index contributed by atoms with van der Waals surface area (Å²) in [6, 6.07) is 1.82. The largest absolute Gasteiger partial charge is 0.370 e. The molecular formula is C14H24N4O. The molecule has 1 aliphatic rings. The van der Waals surface area contributed by atoms with Crippen LogP contribution in [0.4, 0.5) is 5.82 Å². The van der Waals surface area contributed by atoms with Crippen molar-refractivity contribution < 1.29 is 4.74 Å². The molecule has 1 aromatic rings. The minimum atomic E-state index is 0.358. The van der Waals surface area contributed by atoms with Crippen LogP contribution in [0.1, 0.15) is 50.5 Å². The van der Waals surface area contributed by atoms with Crippen molar-refractivity contribution in [2.45, 2.75) is 58.7 Å². The number of nitrogens with zero attached hydrogens (tertiary/aromatic N) is 2. The molecule has 1 heterocycles. The third kappa shape index (κ3) is 3.88. The fourth-order valence-corrected chi connectivity index (χ4v) is 2.81. The summed E-state index contributed by atoms with van der Waals surface area (Å²) in [5, 5.41) is 0. The second-order valence-electron chi connectivity index (χ2n) is 5.26. The van der Waals surface area contributed by atoms with E-state index in [4.69, 9.17) is 10.6 Å². The van der Waals surface area contributed by atoms with Gasteiger partial charge in [-0.05, 0) is 25.7 Å². The Bertz CT molecular complexity index is 410. The van der Waals surface area contributed by atoms with Gasteiger partial charge in [-0.3, -0.25) is 0 Å². The molecule has 2 atom stereocenters. The first kappa shape index (κ1) is 14.2. The molecule has 0 amide bonds. The molecule has 2 unspecified atom stereocenters. The molecule has 1 saturated carbocycles. The number of hydrazine groups is 1. The molecule has 106 valence electrons. The SMILES string of the molecule is CCC1CCCCC1OCc1nc(C)cc(NN)n1. The maximum atomic E-state index is 6.03. The van der Waals surface area contributed by atoms with Crippen molar-refractivity contribution in [3.8, 4) is 0 Å². The Morgan fingerprint density at radius 3 is 2.89 bits per heavy atom. The molecule has 0 spiro atoms. The van der Waals surface area contributed by atoms with E-state index in [2.05, 4.69) is 22.3 Å². The van der Waals surface area contributed by atoms with Gasteiger partial charge in [0.05, 0.1) is 6.10 Å². The number of aryl methyl sites for hydroxylation is 1. The Balaban J connectivity index is 1.95. The van der Waals surface area contributed by atoms with Crippen LogP contribution in [-0.4, -0.2) is 16.1 Å². The molecule has 0 saturated heterocycles. The fraction of sp³-hybridized carbons (Fsp3) is 0.714. The average molecular weight is 264 g/mol. The minimum Gasteiger partial charge on any atom is -0.370 e. The zero-order valence-electron chi connectivity index (χ0n) is 11.9. The smallest absolute Gasteiger partial charge is 0.156 e. The van der Waals surface area contributed by atoms with Crippen LogP contribution >= 0.6 is 0 Å². The first-order chi connectivity index (χ1) is 9.22. The topological polar surface area (TPSA) is 73.1 Å². The Kier molecular flexibility index (Phi) is 5.10. The van der Waals surface area contributed by atoms with Crippen molar-refractivity contribution in [2.75, 3.05) is 5.43 Å². The zero-order chi connectivity index (χ0) is 13.7. The van der Waals surface area contributed by atoms with Crippen molar-refractivity contribution in [1.29, 1.82) is 0 Å². The summed E-state index contributed by atoms with van der Waals surface area (Å²) in [4.78, 5) is 8.70. The summed E-state index contributed by atoms with van der Waals surface area (Å²) < 4.78 is 6.03. The van der Waals surface area contributed by atoms with Gasteiger partial charge >= 0.3 is 0 Å². The average Bonchev–Trinajstić information content (AvgIpc) is 2.44. The molecule has 19 heavy (non-hydrogen) atoms. The van der Waals surface area contributed by atoms with Crippen molar-refractivity contribution in [3.05, 3.63) is 17.6 Å². The van der Waals surface area contributed by atoms with Gasteiger partial charge in [0.2, 0.25) is 0 Å². The minimum absolute atomic E-state index is 0.358. The Labute approximate surface area is 114 Å². The number of nitrogen functional groups attached to an aromatic ring is 1. The molecule has 0 bridgehead atoms. The Morgan fingerprint density at radius 2 is 2.16 bits per heavy atom. The Morgan fingerprint density at radius 1 is 1.37 bits per heavy atom. The fourth-order valence-electron chi connectivity index (χ4n) is 2.81. The number of hydrogen-bond donors (Lipinski definition) is 2. The van der Waals surface area contributed by atoms with Crippen LogP contribution in [0.25, 0.3) is 0 Å². The van der Waals surface area contributed by atoms with E-state index in [-0.39, 0.29) is 0 Å². The highest BCUT2D eigenvalue weighted by Gasteiger charge is 2.24. The molecule has 1 aliphatic carbocycles. The first-order valence-electron chi connectivity index (χ1n) is 7.15. The number of anilines is 1. The molecule has 0 aromatic carbocycles. The van der Waals surface area contributed by atoms with Gasteiger partial charge in [0.1, 0.15) is 12.4 Å². The molecule has 3 N–H and O–H groups in total. The monoisotopic (exact) mass is 264 g/mol. The summed E-state index contributed by atoms with van der Waals surface area (Å²) in [6.07, 6.45) is 6.59. The number of ether oxygens (including phenoxy) is 1. The highest BCUT2D eigenvalue weighted by Crippen LogP contribution is 2.29. The van der Waals surface area contributed by atoms with Gasteiger partial charge in [0, 0.05) is 11.8 Å². The highest BCUT2D eigenvalue weighted by atomic mass is 16.5. The zero-order valence-corrected chi connectivity index (χ0v) is 11.9. The van der Waals surface area contributed by atoms with E-state index in [1.807, 2.05) is 13.0 Å². The normalized spacial score (nSPS) is 23.3. The molecule has 5 nitrogen and oxygen atoms in total. The van der Waals surface area contributed by atoms with Crippen LogP contribution in [0.2, 0.25) is 0 Å². The van der Waals surface area contributed by atoms with Crippen molar-refractivity contribution in [1.82, 2.24) is 9.97 Å². The molecule has 0 radical (unpaired) electrons. The predicted octanol–water partition coefficient (Wildman–Crippen LogP) is 2.56. The summed E-state index contributed by atoms with van der Waals surface area (Å²) >= 11 is 0. The lowest BCUT2D eigenvalue weighted by molar-refractivity contribution is -0.0248. The van der Waals surface area contributed by atoms with E-state index in [1.54, 1.807) is 0 Å². The van der Waals surface area contributed by atoms with Gasteiger partial charge < -0.3 is 10.2 Å². The third-order valence-electron chi connectivity index (χ3n) is 3.84. The molecule has 0 aliphatic heterocycles. The Hall–Kier alpha value is -1.20. The molecular weight excluding hydrogens is 240 g/mol. The van der Waals surface area contributed by atoms with Crippen LogP contribution in [0.3, 0.4) is 0 Å². The number of nitrogens with one attached hydrogen (secondary N) is 1. The quantitative estimate of drug-likeness (QED) is 0.631. The number of rotatable bonds is 5. The van der Waals surface area contributed by atoms with Crippen molar-refractivity contribution in [2.24, 2.45) is 11.8 Å². The van der Waals surface area contributed by atoms with Crippen LogP contribution in [0, 0.1) is 12.8 Å². The van der Waals surface area contributed by atoms with Crippen molar-refractivity contribution in [3.63, 3.8) is 0 Å². The van der Waals surface area contributed by atoms with E-state index < -0.39 is 0 Å². The van der Waals surface area contributed by atoms with Crippen LogP contribution in [0.5, 0.6) is 0 Å². The predicted molar refractivity (Wildman–Crippen MR) is 75.4 cm³/mol. The third-order valence-corrected chi connectivity index (χ3v) is 3.84. The molecule has 1 fully saturated rings. The van der Waals surface area contributed by atoms with Gasteiger partial charge in [0.15, 0.2) is 5.82 Å². The number of nitrogens with two attached hydrogens (primary N) is 1. The van der Waals surface area contributed by atoms with E-state index in [1.165, 1.54) is 25.7 Å². The van der Waals surface area contributed by atoms with E-state index in [9.17, 15) is 0 Å². The van der Waals surface area contributed by atoms with E-state index in [0.29, 0.717) is 30.3 Å². The number of aromatic nitrogens is 2. The van der Waals surface area contributed by atoms with Crippen LogP contribution < -0.4 is 11.3 Å².